The van der Waals surface area contributed by atoms with Crippen molar-refractivity contribution >= 4 is 0 Å². The third kappa shape index (κ3) is 1.18. The van der Waals surface area contributed by atoms with Gasteiger partial charge in [0.05, 0.1) is 0 Å². The van der Waals surface area contributed by atoms with E-state index in [-0.39, 0.29) is 0 Å². The van der Waals surface area contributed by atoms with Crippen LogP contribution in [0.25, 0.3) is 0 Å². The van der Waals surface area contributed by atoms with Gasteiger partial charge in [-0.1, -0.05) is 20.8 Å². The van der Waals surface area contributed by atoms with E-state index < -0.39 is 0 Å². The number of nitrogens with one attached hydrogen (secondary N) is 1. The van der Waals surface area contributed by atoms with Crippen molar-refractivity contribution in [3.63, 3.8) is 0 Å². The second-order valence-electron chi connectivity index (χ2n) is 6.02. The molecular formula is C13H23N. The summed E-state index contributed by atoms with van der Waals surface area (Å²) >= 11 is 0. The number of hydrogen-bond acceptors (Lipinski definition) is 1. The van der Waals surface area contributed by atoms with Crippen molar-refractivity contribution in [3.8, 4) is 0 Å². The molecule has 14 heavy (non-hydrogen) atoms. The van der Waals surface area contributed by atoms with E-state index in [0.29, 0.717) is 0 Å². The van der Waals surface area contributed by atoms with Crippen molar-refractivity contribution in [2.24, 2.45) is 35.5 Å². The van der Waals surface area contributed by atoms with Crippen LogP contribution in [0, 0.1) is 35.5 Å². The van der Waals surface area contributed by atoms with Crippen molar-refractivity contribution in [1.29, 1.82) is 0 Å². The molecule has 6 atom stereocenters. The van der Waals surface area contributed by atoms with Crippen LogP contribution < -0.4 is 5.32 Å². The van der Waals surface area contributed by atoms with Crippen molar-refractivity contribution in [1.82, 2.24) is 5.32 Å². The van der Waals surface area contributed by atoms with Crippen LogP contribution in [-0.4, -0.2) is 12.6 Å². The third-order valence-electron chi connectivity index (χ3n) is 5.44. The summed E-state index contributed by atoms with van der Waals surface area (Å²) in [5.41, 5.74) is 0. The first-order chi connectivity index (χ1) is 6.72. The lowest BCUT2D eigenvalue weighted by molar-refractivity contribution is 0.386. The molecule has 0 spiro atoms. The Balaban J connectivity index is 1.62. The van der Waals surface area contributed by atoms with Crippen LogP contribution in [0.4, 0.5) is 0 Å². The Morgan fingerprint density at radius 2 is 1.86 bits per heavy atom. The number of fused-ring (bicyclic) bond motifs is 1. The maximum Gasteiger partial charge on any atom is 0.0133 e. The standard InChI is InChI=1S/C13H23N/c1-7-8(2)11(7)9(3)12-10-5-4-6-14-13(10)12/h7-14H,4-6H2,1-3H3. The summed E-state index contributed by atoms with van der Waals surface area (Å²) < 4.78 is 0. The summed E-state index contributed by atoms with van der Waals surface area (Å²) in [6.45, 7) is 8.66. The highest BCUT2D eigenvalue weighted by molar-refractivity contribution is 5.11. The fourth-order valence-corrected chi connectivity index (χ4v) is 4.30. The molecule has 0 aromatic heterocycles. The second kappa shape index (κ2) is 2.98. The predicted molar refractivity (Wildman–Crippen MR) is 59.0 cm³/mol. The molecule has 0 aromatic carbocycles. The summed E-state index contributed by atoms with van der Waals surface area (Å²) in [6.07, 6.45) is 2.92. The zero-order valence-corrected chi connectivity index (χ0v) is 9.66. The van der Waals surface area contributed by atoms with E-state index in [1.165, 1.54) is 19.4 Å². The second-order valence-corrected chi connectivity index (χ2v) is 6.02. The van der Waals surface area contributed by atoms with Gasteiger partial charge in [-0.3, -0.25) is 0 Å². The molecule has 80 valence electrons. The van der Waals surface area contributed by atoms with Gasteiger partial charge in [-0.05, 0) is 54.9 Å². The normalized spacial score (nSPS) is 57.6. The first-order valence-corrected chi connectivity index (χ1v) is 6.45. The van der Waals surface area contributed by atoms with E-state index >= 15 is 0 Å². The Hall–Kier alpha value is -0.0400. The van der Waals surface area contributed by atoms with Crippen LogP contribution in [0.1, 0.15) is 33.6 Å². The summed E-state index contributed by atoms with van der Waals surface area (Å²) in [4.78, 5) is 0. The molecule has 1 heteroatoms. The molecule has 3 fully saturated rings. The van der Waals surface area contributed by atoms with Crippen LogP contribution >= 0.6 is 0 Å². The van der Waals surface area contributed by atoms with Gasteiger partial charge >= 0.3 is 0 Å². The van der Waals surface area contributed by atoms with Gasteiger partial charge in [0.25, 0.3) is 0 Å². The molecule has 0 aromatic rings. The first kappa shape index (κ1) is 9.21. The molecule has 3 rings (SSSR count). The average Bonchev–Trinajstić information content (AvgIpc) is 3.03. The highest BCUT2D eigenvalue weighted by Gasteiger charge is 2.59. The lowest BCUT2D eigenvalue weighted by Gasteiger charge is -2.10. The minimum atomic E-state index is 0.916. The molecule has 2 aliphatic carbocycles. The smallest absolute Gasteiger partial charge is 0.0133 e. The van der Waals surface area contributed by atoms with Crippen LogP contribution in [-0.2, 0) is 0 Å². The molecular weight excluding hydrogens is 170 g/mol. The largest absolute Gasteiger partial charge is 0.313 e. The van der Waals surface area contributed by atoms with Crippen LogP contribution in [0.3, 0.4) is 0 Å². The summed E-state index contributed by atoms with van der Waals surface area (Å²) in [5, 5.41) is 3.70. The fourth-order valence-electron chi connectivity index (χ4n) is 4.30. The number of hydrogen-bond donors (Lipinski definition) is 1. The molecule has 1 saturated heterocycles. The van der Waals surface area contributed by atoms with Gasteiger partial charge in [0.2, 0.25) is 0 Å². The molecule has 1 nitrogen and oxygen atoms in total. The molecule has 0 amide bonds. The van der Waals surface area contributed by atoms with Crippen molar-refractivity contribution in [3.05, 3.63) is 0 Å². The summed E-state index contributed by atoms with van der Waals surface area (Å²) in [5.74, 6) is 6.14. The highest BCUT2D eigenvalue weighted by Crippen LogP contribution is 2.60. The Morgan fingerprint density at radius 1 is 1.14 bits per heavy atom. The maximum atomic E-state index is 3.70. The van der Waals surface area contributed by atoms with E-state index in [0.717, 1.165) is 41.5 Å². The topological polar surface area (TPSA) is 12.0 Å². The molecule has 1 aliphatic heterocycles. The average molecular weight is 193 g/mol. The summed E-state index contributed by atoms with van der Waals surface area (Å²) in [7, 11) is 0. The quantitative estimate of drug-likeness (QED) is 0.710. The number of rotatable bonds is 2. The molecule has 0 radical (unpaired) electrons. The van der Waals surface area contributed by atoms with Crippen LogP contribution in [0.2, 0.25) is 0 Å². The van der Waals surface area contributed by atoms with E-state index in [4.69, 9.17) is 0 Å². The maximum absolute atomic E-state index is 3.70. The minimum Gasteiger partial charge on any atom is -0.313 e. The zero-order chi connectivity index (χ0) is 9.87. The van der Waals surface area contributed by atoms with Gasteiger partial charge < -0.3 is 5.32 Å². The van der Waals surface area contributed by atoms with Gasteiger partial charge in [0.15, 0.2) is 0 Å². The van der Waals surface area contributed by atoms with E-state index in [1.54, 1.807) is 0 Å². The molecule has 3 aliphatic rings. The van der Waals surface area contributed by atoms with Gasteiger partial charge in [-0.2, -0.15) is 0 Å². The third-order valence-corrected chi connectivity index (χ3v) is 5.44. The van der Waals surface area contributed by atoms with Gasteiger partial charge in [0, 0.05) is 6.04 Å². The molecule has 1 N–H and O–H groups in total. The highest BCUT2D eigenvalue weighted by atomic mass is 15.0. The Labute approximate surface area is 87.7 Å². The van der Waals surface area contributed by atoms with E-state index in [2.05, 4.69) is 26.1 Å². The minimum absolute atomic E-state index is 0.916. The Kier molecular flexibility index (Phi) is 1.96. The molecule has 2 saturated carbocycles. The lowest BCUT2D eigenvalue weighted by Crippen LogP contribution is -2.25. The molecule has 6 unspecified atom stereocenters. The lowest BCUT2D eigenvalue weighted by atomic mass is 9.95. The fraction of sp³-hybridized carbons (Fsp3) is 1.00. The SMILES string of the molecule is CC1C(C)C1C(C)C1C2CCCNC21. The first-order valence-electron chi connectivity index (χ1n) is 6.45. The Morgan fingerprint density at radius 3 is 2.36 bits per heavy atom. The van der Waals surface area contributed by atoms with E-state index in [1.807, 2.05) is 0 Å². The van der Waals surface area contributed by atoms with Crippen molar-refractivity contribution < 1.29 is 0 Å². The van der Waals surface area contributed by atoms with Crippen molar-refractivity contribution in [2.75, 3.05) is 6.54 Å². The summed E-state index contributed by atoms with van der Waals surface area (Å²) in [6, 6.07) is 0.916. The molecule has 1 heterocycles. The van der Waals surface area contributed by atoms with Gasteiger partial charge in [-0.15, -0.1) is 0 Å². The zero-order valence-electron chi connectivity index (χ0n) is 9.66. The van der Waals surface area contributed by atoms with Crippen LogP contribution in [0.5, 0.6) is 0 Å². The predicted octanol–water partition coefficient (Wildman–Crippen LogP) is 2.52. The monoisotopic (exact) mass is 193 g/mol. The van der Waals surface area contributed by atoms with Crippen molar-refractivity contribution in [2.45, 2.75) is 39.7 Å². The van der Waals surface area contributed by atoms with Crippen LogP contribution in [0.15, 0.2) is 0 Å². The Bertz CT molecular complexity index is 217. The number of piperidine rings is 1. The van der Waals surface area contributed by atoms with Gasteiger partial charge in [-0.25, -0.2) is 0 Å². The van der Waals surface area contributed by atoms with Gasteiger partial charge in [0.1, 0.15) is 0 Å². The molecule has 0 bridgehead atoms. The van der Waals surface area contributed by atoms with E-state index in [9.17, 15) is 0 Å².